The molecule has 0 aliphatic heterocycles. The summed E-state index contributed by atoms with van der Waals surface area (Å²) in [6, 6.07) is 12.5. The molecule has 0 aliphatic rings. The van der Waals surface area contributed by atoms with Crippen LogP contribution in [0.3, 0.4) is 0 Å². The number of aromatic nitrogens is 2. The molecule has 3 N–H and O–H groups in total. The van der Waals surface area contributed by atoms with E-state index in [0.717, 1.165) is 0 Å². The van der Waals surface area contributed by atoms with Crippen LogP contribution < -0.4 is 10.5 Å². The lowest BCUT2D eigenvalue weighted by atomic mass is 10.0. The van der Waals surface area contributed by atoms with Crippen molar-refractivity contribution in [2.24, 2.45) is 0 Å². The third-order valence-electron chi connectivity index (χ3n) is 4.08. The van der Waals surface area contributed by atoms with Crippen LogP contribution in [0.25, 0.3) is 22.4 Å². The quantitative estimate of drug-likeness (QED) is 0.660. The summed E-state index contributed by atoms with van der Waals surface area (Å²) in [5.74, 6) is -0.671. The van der Waals surface area contributed by atoms with E-state index in [1.54, 1.807) is 45.0 Å². The third kappa shape index (κ3) is 4.45. The molecule has 0 saturated heterocycles. The van der Waals surface area contributed by atoms with Crippen LogP contribution in [0, 0.1) is 17.1 Å². The predicted octanol–water partition coefficient (Wildman–Crippen LogP) is 3.48. The van der Waals surface area contributed by atoms with Crippen LogP contribution in [0.2, 0.25) is 0 Å². The average molecular weight is 425 g/mol. The SMILES string of the molecule is CC(C)(C)NS(=O)(=O)c1ccccc1-c1ccc(-c2cnc(N)c(C#N)n2)c(F)c1. The average Bonchev–Trinajstić information content (AvgIpc) is 2.67. The Hall–Kier alpha value is -3.35. The second kappa shape index (κ2) is 7.82. The zero-order chi connectivity index (χ0) is 22.1. The number of sulfonamides is 1. The summed E-state index contributed by atoms with van der Waals surface area (Å²) in [5.41, 5.74) is 5.81. The largest absolute Gasteiger partial charge is 0.381 e. The summed E-state index contributed by atoms with van der Waals surface area (Å²) in [5, 5.41) is 9.05. The number of rotatable bonds is 4. The highest BCUT2D eigenvalue weighted by Gasteiger charge is 2.25. The molecule has 7 nitrogen and oxygen atoms in total. The first-order valence-corrected chi connectivity index (χ1v) is 10.5. The normalized spacial score (nSPS) is 11.8. The van der Waals surface area contributed by atoms with Gasteiger partial charge in [-0.3, -0.25) is 0 Å². The van der Waals surface area contributed by atoms with Gasteiger partial charge in [0, 0.05) is 16.7 Å². The van der Waals surface area contributed by atoms with Gasteiger partial charge in [0.2, 0.25) is 10.0 Å². The van der Waals surface area contributed by atoms with Crippen LogP contribution in [0.1, 0.15) is 26.5 Å². The van der Waals surface area contributed by atoms with Crippen molar-refractivity contribution in [3.8, 4) is 28.5 Å². The van der Waals surface area contributed by atoms with E-state index < -0.39 is 21.4 Å². The van der Waals surface area contributed by atoms with Gasteiger partial charge in [0.15, 0.2) is 11.5 Å². The topological polar surface area (TPSA) is 122 Å². The Labute approximate surface area is 174 Å². The van der Waals surface area contributed by atoms with Gasteiger partial charge in [-0.05, 0) is 44.5 Å². The van der Waals surface area contributed by atoms with E-state index in [9.17, 15) is 12.8 Å². The van der Waals surface area contributed by atoms with Gasteiger partial charge >= 0.3 is 0 Å². The minimum atomic E-state index is -3.83. The van der Waals surface area contributed by atoms with Crippen LogP contribution in [0.15, 0.2) is 53.6 Å². The van der Waals surface area contributed by atoms with E-state index in [2.05, 4.69) is 14.7 Å². The van der Waals surface area contributed by atoms with Gasteiger partial charge in [0.05, 0.1) is 16.8 Å². The van der Waals surface area contributed by atoms with E-state index in [0.29, 0.717) is 11.1 Å². The van der Waals surface area contributed by atoms with Gasteiger partial charge in [-0.2, -0.15) is 5.26 Å². The number of benzene rings is 2. The van der Waals surface area contributed by atoms with Crippen molar-refractivity contribution in [3.05, 3.63) is 60.2 Å². The Morgan fingerprint density at radius 3 is 2.47 bits per heavy atom. The number of hydrogen-bond acceptors (Lipinski definition) is 6. The van der Waals surface area contributed by atoms with E-state index in [-0.39, 0.29) is 27.7 Å². The lowest BCUT2D eigenvalue weighted by Crippen LogP contribution is -2.40. The molecule has 3 rings (SSSR count). The van der Waals surface area contributed by atoms with Crippen LogP contribution in [-0.4, -0.2) is 23.9 Å². The number of nitriles is 1. The maximum Gasteiger partial charge on any atom is 0.241 e. The zero-order valence-corrected chi connectivity index (χ0v) is 17.5. The minimum Gasteiger partial charge on any atom is -0.381 e. The molecule has 0 unspecified atom stereocenters. The number of anilines is 1. The van der Waals surface area contributed by atoms with Crippen molar-refractivity contribution in [2.75, 3.05) is 5.73 Å². The standard InChI is InChI=1S/C21H20FN5O2S/c1-21(2,3)27-30(28,29)19-7-5-4-6-14(19)13-8-9-15(16(22)10-13)18-12-25-20(24)17(11-23)26-18/h4-10,12,27H,1-3H3,(H2,24,25). The molecule has 0 spiro atoms. The van der Waals surface area contributed by atoms with E-state index in [1.165, 1.54) is 24.4 Å². The van der Waals surface area contributed by atoms with Gasteiger partial charge < -0.3 is 5.73 Å². The van der Waals surface area contributed by atoms with Crippen molar-refractivity contribution in [1.82, 2.24) is 14.7 Å². The van der Waals surface area contributed by atoms with Crippen LogP contribution in [0.4, 0.5) is 10.2 Å². The highest BCUT2D eigenvalue weighted by molar-refractivity contribution is 7.89. The van der Waals surface area contributed by atoms with Crippen LogP contribution >= 0.6 is 0 Å². The van der Waals surface area contributed by atoms with Crippen molar-refractivity contribution in [2.45, 2.75) is 31.2 Å². The second-order valence-corrected chi connectivity index (χ2v) is 9.30. The molecule has 9 heteroatoms. The summed E-state index contributed by atoms with van der Waals surface area (Å²) in [6.45, 7) is 5.22. The van der Waals surface area contributed by atoms with Crippen LogP contribution in [0.5, 0.6) is 0 Å². The Bertz CT molecular complexity index is 1260. The second-order valence-electron chi connectivity index (χ2n) is 7.65. The number of nitrogens with two attached hydrogens (primary N) is 1. The fourth-order valence-electron chi connectivity index (χ4n) is 2.90. The Morgan fingerprint density at radius 1 is 1.13 bits per heavy atom. The molecule has 2 aromatic carbocycles. The number of nitrogen functional groups attached to an aromatic ring is 1. The Kier molecular flexibility index (Phi) is 5.57. The lowest BCUT2D eigenvalue weighted by molar-refractivity contribution is 0.491. The molecule has 0 saturated carbocycles. The van der Waals surface area contributed by atoms with Crippen LogP contribution in [-0.2, 0) is 10.0 Å². The van der Waals surface area contributed by atoms with Gasteiger partial charge in [-0.1, -0.05) is 24.3 Å². The predicted molar refractivity (Wildman–Crippen MR) is 112 cm³/mol. The summed E-state index contributed by atoms with van der Waals surface area (Å²) < 4.78 is 43.2. The highest BCUT2D eigenvalue weighted by atomic mass is 32.2. The highest BCUT2D eigenvalue weighted by Crippen LogP contribution is 2.31. The van der Waals surface area contributed by atoms with Crippen molar-refractivity contribution >= 4 is 15.8 Å². The Morgan fingerprint density at radius 2 is 1.83 bits per heavy atom. The summed E-state index contributed by atoms with van der Waals surface area (Å²) in [6.07, 6.45) is 1.28. The van der Waals surface area contributed by atoms with Crippen molar-refractivity contribution < 1.29 is 12.8 Å². The molecule has 1 heterocycles. The summed E-state index contributed by atoms with van der Waals surface area (Å²) in [7, 11) is -3.83. The molecule has 154 valence electrons. The fraction of sp³-hybridized carbons (Fsp3) is 0.190. The van der Waals surface area contributed by atoms with E-state index in [4.69, 9.17) is 11.0 Å². The maximum absolute atomic E-state index is 14.9. The molecule has 30 heavy (non-hydrogen) atoms. The third-order valence-corrected chi connectivity index (χ3v) is 5.90. The van der Waals surface area contributed by atoms with Gasteiger partial charge in [0.25, 0.3) is 0 Å². The number of nitrogens with zero attached hydrogens (tertiary/aromatic N) is 3. The molecule has 3 aromatic rings. The van der Waals surface area contributed by atoms with Gasteiger partial charge in [-0.25, -0.2) is 27.5 Å². The Balaban J connectivity index is 2.08. The zero-order valence-electron chi connectivity index (χ0n) is 16.6. The molecular weight excluding hydrogens is 405 g/mol. The first-order valence-electron chi connectivity index (χ1n) is 8.98. The summed E-state index contributed by atoms with van der Waals surface area (Å²) >= 11 is 0. The van der Waals surface area contributed by atoms with Gasteiger partial charge in [0.1, 0.15) is 11.9 Å². The molecule has 0 fully saturated rings. The first-order chi connectivity index (χ1) is 14.0. The molecular formula is C21H20FN5O2S. The van der Waals surface area contributed by atoms with E-state index >= 15 is 0 Å². The first kappa shape index (κ1) is 21.4. The smallest absolute Gasteiger partial charge is 0.241 e. The number of nitrogens with one attached hydrogen (secondary N) is 1. The minimum absolute atomic E-state index is 0.0382. The van der Waals surface area contributed by atoms with Crippen molar-refractivity contribution in [3.63, 3.8) is 0 Å². The molecule has 0 aliphatic carbocycles. The fourth-order valence-corrected chi connectivity index (χ4v) is 4.55. The molecule has 0 bridgehead atoms. The molecule has 0 atom stereocenters. The molecule has 1 aromatic heterocycles. The van der Waals surface area contributed by atoms with E-state index in [1.807, 2.05) is 6.07 Å². The summed E-state index contributed by atoms with van der Waals surface area (Å²) in [4.78, 5) is 7.94. The molecule has 0 radical (unpaired) electrons. The molecule has 0 amide bonds. The number of halogens is 1. The monoisotopic (exact) mass is 425 g/mol. The maximum atomic E-state index is 14.9. The van der Waals surface area contributed by atoms with Gasteiger partial charge in [-0.15, -0.1) is 0 Å². The lowest BCUT2D eigenvalue weighted by Gasteiger charge is -2.21. The van der Waals surface area contributed by atoms with Crippen molar-refractivity contribution in [1.29, 1.82) is 5.26 Å². The number of hydrogen-bond donors (Lipinski definition) is 2.